The third-order valence-corrected chi connectivity index (χ3v) is 4.19. The number of likely N-dealkylation sites (N-methyl/N-ethyl adjacent to an activating group) is 1. The van der Waals surface area contributed by atoms with E-state index in [0.717, 1.165) is 12.8 Å². The van der Waals surface area contributed by atoms with Crippen molar-refractivity contribution in [2.75, 3.05) is 27.2 Å². The van der Waals surface area contributed by atoms with E-state index < -0.39 is 0 Å². The van der Waals surface area contributed by atoms with E-state index in [1.807, 2.05) is 18.2 Å². The van der Waals surface area contributed by atoms with Gasteiger partial charge in [0.25, 0.3) is 5.91 Å². The van der Waals surface area contributed by atoms with Crippen molar-refractivity contribution in [2.24, 2.45) is 0 Å². The maximum atomic E-state index is 12.3. The van der Waals surface area contributed by atoms with E-state index in [0.29, 0.717) is 31.5 Å². The van der Waals surface area contributed by atoms with Gasteiger partial charge in [-0.3, -0.25) is 14.4 Å². The summed E-state index contributed by atoms with van der Waals surface area (Å²) in [7, 11) is 3.42. The highest BCUT2D eigenvalue weighted by molar-refractivity contribution is 5.94. The summed E-state index contributed by atoms with van der Waals surface area (Å²) < 4.78 is 0. The number of carbonyl (C=O) groups is 3. The van der Waals surface area contributed by atoms with Gasteiger partial charge in [-0.15, -0.1) is 0 Å². The molecule has 0 saturated carbocycles. The molecule has 1 aromatic carbocycles. The number of rotatable bonds is 6. The highest BCUT2D eigenvalue weighted by Crippen LogP contribution is 2.20. The van der Waals surface area contributed by atoms with Crippen LogP contribution in [0.25, 0.3) is 0 Å². The van der Waals surface area contributed by atoms with Gasteiger partial charge in [-0.25, -0.2) is 0 Å². The Bertz CT molecular complexity index is 586. The molecule has 1 fully saturated rings. The number of carbonyl (C=O) groups excluding carboxylic acids is 3. The summed E-state index contributed by atoms with van der Waals surface area (Å²) in [5, 5.41) is 2.81. The average Bonchev–Trinajstić information content (AvgIpc) is 3.08. The number of nitrogens with one attached hydrogen (secondary N) is 1. The molecule has 3 amide bonds. The Labute approximate surface area is 142 Å². The summed E-state index contributed by atoms with van der Waals surface area (Å²) in [6.45, 7) is 1.08. The molecule has 24 heavy (non-hydrogen) atoms. The van der Waals surface area contributed by atoms with Crippen LogP contribution in [0.1, 0.15) is 36.0 Å². The van der Waals surface area contributed by atoms with Gasteiger partial charge >= 0.3 is 0 Å². The second-order valence-corrected chi connectivity index (χ2v) is 6.20. The molecule has 0 aliphatic carbocycles. The summed E-state index contributed by atoms with van der Waals surface area (Å²) in [5.41, 5.74) is 0.611. The molecule has 1 aromatic rings. The highest BCUT2D eigenvalue weighted by Gasteiger charge is 2.34. The van der Waals surface area contributed by atoms with Crippen molar-refractivity contribution in [2.45, 2.75) is 31.7 Å². The lowest BCUT2D eigenvalue weighted by atomic mass is 10.2. The molecule has 6 nitrogen and oxygen atoms in total. The second-order valence-electron chi connectivity index (χ2n) is 6.20. The van der Waals surface area contributed by atoms with E-state index in [1.165, 1.54) is 4.90 Å². The molecule has 1 atom stereocenters. The van der Waals surface area contributed by atoms with Gasteiger partial charge in [-0.1, -0.05) is 18.2 Å². The molecular weight excluding hydrogens is 306 g/mol. The molecule has 6 heteroatoms. The summed E-state index contributed by atoms with van der Waals surface area (Å²) in [4.78, 5) is 39.6. The van der Waals surface area contributed by atoms with E-state index in [2.05, 4.69) is 5.32 Å². The van der Waals surface area contributed by atoms with Crippen molar-refractivity contribution >= 4 is 17.7 Å². The van der Waals surface area contributed by atoms with Crippen LogP contribution in [0.2, 0.25) is 0 Å². The van der Waals surface area contributed by atoms with Gasteiger partial charge in [0, 0.05) is 39.2 Å². The van der Waals surface area contributed by atoms with Gasteiger partial charge in [-0.05, 0) is 31.4 Å². The Balaban J connectivity index is 1.75. The fourth-order valence-corrected chi connectivity index (χ4v) is 2.90. The Morgan fingerprint density at radius 3 is 2.58 bits per heavy atom. The number of nitrogens with zero attached hydrogens (tertiary/aromatic N) is 2. The smallest absolute Gasteiger partial charge is 0.251 e. The number of hydrogen-bond donors (Lipinski definition) is 1. The summed E-state index contributed by atoms with van der Waals surface area (Å²) in [5.74, 6) is -0.162. The minimum absolute atomic E-state index is 0.0124. The van der Waals surface area contributed by atoms with Gasteiger partial charge in [0.1, 0.15) is 6.04 Å². The van der Waals surface area contributed by atoms with E-state index in [-0.39, 0.29) is 23.8 Å². The van der Waals surface area contributed by atoms with Gasteiger partial charge < -0.3 is 15.1 Å². The van der Waals surface area contributed by atoms with Crippen LogP contribution in [0.5, 0.6) is 0 Å². The van der Waals surface area contributed by atoms with Crippen LogP contribution in [0.3, 0.4) is 0 Å². The first-order valence-corrected chi connectivity index (χ1v) is 8.34. The molecule has 0 radical (unpaired) electrons. The van der Waals surface area contributed by atoms with Crippen LogP contribution >= 0.6 is 0 Å². The normalized spacial score (nSPS) is 16.8. The van der Waals surface area contributed by atoms with Gasteiger partial charge in [0.2, 0.25) is 11.8 Å². The van der Waals surface area contributed by atoms with E-state index >= 15 is 0 Å². The predicted octanol–water partition coefficient (Wildman–Crippen LogP) is 1.28. The van der Waals surface area contributed by atoms with Crippen molar-refractivity contribution in [3.05, 3.63) is 35.9 Å². The zero-order chi connectivity index (χ0) is 17.5. The fourth-order valence-electron chi connectivity index (χ4n) is 2.90. The lowest BCUT2D eigenvalue weighted by molar-refractivity contribution is -0.142. The monoisotopic (exact) mass is 331 g/mol. The first-order chi connectivity index (χ1) is 11.5. The number of amides is 3. The minimum atomic E-state index is -0.327. The Kier molecular flexibility index (Phi) is 6.35. The molecule has 1 N–H and O–H groups in total. The van der Waals surface area contributed by atoms with Crippen LogP contribution < -0.4 is 5.32 Å². The molecular formula is C18H25N3O3. The molecule has 0 aromatic heterocycles. The van der Waals surface area contributed by atoms with Crippen LogP contribution in [-0.2, 0) is 9.59 Å². The Morgan fingerprint density at radius 2 is 1.92 bits per heavy atom. The number of benzene rings is 1. The average molecular weight is 331 g/mol. The zero-order valence-electron chi connectivity index (χ0n) is 14.3. The van der Waals surface area contributed by atoms with Gasteiger partial charge in [-0.2, -0.15) is 0 Å². The van der Waals surface area contributed by atoms with Crippen molar-refractivity contribution in [1.29, 1.82) is 0 Å². The third kappa shape index (κ3) is 4.57. The van der Waals surface area contributed by atoms with Crippen LogP contribution in [0.15, 0.2) is 30.3 Å². The van der Waals surface area contributed by atoms with Crippen LogP contribution in [0.4, 0.5) is 0 Å². The molecule has 0 bridgehead atoms. The lowest BCUT2D eigenvalue weighted by Crippen LogP contribution is -2.45. The highest BCUT2D eigenvalue weighted by atomic mass is 16.2. The largest absolute Gasteiger partial charge is 0.352 e. The minimum Gasteiger partial charge on any atom is -0.352 e. The first kappa shape index (κ1) is 18.0. The predicted molar refractivity (Wildman–Crippen MR) is 91.4 cm³/mol. The van der Waals surface area contributed by atoms with E-state index in [9.17, 15) is 14.4 Å². The molecule has 1 aliphatic rings. The summed E-state index contributed by atoms with van der Waals surface area (Å²) in [6.07, 6.45) is 2.50. The zero-order valence-corrected chi connectivity index (χ0v) is 14.3. The van der Waals surface area contributed by atoms with Crippen molar-refractivity contribution in [1.82, 2.24) is 15.1 Å². The maximum Gasteiger partial charge on any atom is 0.251 e. The molecule has 1 unspecified atom stereocenters. The standard InChI is InChI=1S/C18H25N3O3/c1-20(2)18(24)15-10-7-13-21(15)16(22)11-6-12-19-17(23)14-8-4-3-5-9-14/h3-5,8-9,15H,6-7,10-13H2,1-2H3,(H,19,23). The maximum absolute atomic E-state index is 12.3. The molecule has 0 spiro atoms. The SMILES string of the molecule is CN(C)C(=O)C1CCCN1C(=O)CCCNC(=O)c1ccccc1. The quantitative estimate of drug-likeness (QED) is 0.798. The summed E-state index contributed by atoms with van der Waals surface area (Å²) in [6, 6.07) is 8.66. The van der Waals surface area contributed by atoms with Crippen molar-refractivity contribution in [3.8, 4) is 0 Å². The molecule has 1 aliphatic heterocycles. The van der Waals surface area contributed by atoms with Crippen molar-refractivity contribution < 1.29 is 14.4 Å². The van der Waals surface area contributed by atoms with Crippen LogP contribution in [0, 0.1) is 0 Å². The lowest BCUT2D eigenvalue weighted by Gasteiger charge is -2.26. The fraction of sp³-hybridized carbons (Fsp3) is 0.500. The number of hydrogen-bond acceptors (Lipinski definition) is 3. The molecule has 2 rings (SSSR count). The van der Waals surface area contributed by atoms with Gasteiger partial charge in [0.15, 0.2) is 0 Å². The Hall–Kier alpha value is -2.37. The van der Waals surface area contributed by atoms with E-state index in [1.54, 1.807) is 31.1 Å². The van der Waals surface area contributed by atoms with Crippen molar-refractivity contribution in [3.63, 3.8) is 0 Å². The molecule has 1 heterocycles. The Morgan fingerprint density at radius 1 is 1.21 bits per heavy atom. The van der Waals surface area contributed by atoms with Gasteiger partial charge in [0.05, 0.1) is 0 Å². The summed E-state index contributed by atoms with van der Waals surface area (Å²) >= 11 is 0. The molecule has 1 saturated heterocycles. The number of likely N-dealkylation sites (tertiary alicyclic amines) is 1. The molecule has 130 valence electrons. The van der Waals surface area contributed by atoms with Crippen LogP contribution in [-0.4, -0.2) is 60.7 Å². The first-order valence-electron chi connectivity index (χ1n) is 8.34. The second kappa shape index (κ2) is 8.47. The van der Waals surface area contributed by atoms with E-state index in [4.69, 9.17) is 0 Å². The topological polar surface area (TPSA) is 69.7 Å². The third-order valence-electron chi connectivity index (χ3n) is 4.19.